The summed E-state index contributed by atoms with van der Waals surface area (Å²) >= 11 is 0. The minimum atomic E-state index is -3.84. The van der Waals surface area contributed by atoms with Crippen LogP contribution in [0.3, 0.4) is 0 Å². The van der Waals surface area contributed by atoms with E-state index in [0.717, 1.165) is 34.7 Å². The van der Waals surface area contributed by atoms with Crippen LogP contribution in [0.2, 0.25) is 0 Å². The van der Waals surface area contributed by atoms with Crippen LogP contribution in [0, 0.1) is 5.82 Å². The van der Waals surface area contributed by atoms with E-state index in [-0.39, 0.29) is 24.2 Å². The van der Waals surface area contributed by atoms with Crippen molar-refractivity contribution in [1.29, 1.82) is 0 Å². The number of sulfonamides is 1. The molecule has 2 atom stereocenters. The van der Waals surface area contributed by atoms with E-state index in [2.05, 4.69) is 5.32 Å². The largest absolute Gasteiger partial charge is 0.352 e. The fourth-order valence-electron chi connectivity index (χ4n) is 3.56. The lowest BCUT2D eigenvalue weighted by Gasteiger charge is -2.33. The smallest absolute Gasteiger partial charge is 0.244 e. The van der Waals surface area contributed by atoms with Crippen LogP contribution in [0.5, 0.6) is 0 Å². The number of hydrogen-bond donors (Lipinski definition) is 1. The first-order chi connectivity index (χ1) is 16.1. The Labute approximate surface area is 202 Å². The Balaban J connectivity index is 2.34. The molecule has 0 saturated heterocycles. The molecule has 34 heavy (non-hydrogen) atoms. The van der Waals surface area contributed by atoms with Crippen molar-refractivity contribution in [2.24, 2.45) is 0 Å². The second kappa shape index (κ2) is 12.5. The van der Waals surface area contributed by atoms with Gasteiger partial charge < -0.3 is 10.2 Å². The number of rotatable bonds is 12. The first-order valence-corrected chi connectivity index (χ1v) is 13.3. The van der Waals surface area contributed by atoms with Crippen LogP contribution in [0.25, 0.3) is 0 Å². The van der Waals surface area contributed by atoms with Gasteiger partial charge in [-0.2, -0.15) is 0 Å². The first kappa shape index (κ1) is 27.3. The molecule has 0 aromatic heterocycles. The fourth-order valence-corrected chi connectivity index (χ4v) is 4.41. The van der Waals surface area contributed by atoms with E-state index >= 15 is 0 Å². The molecule has 0 aliphatic carbocycles. The molecule has 2 rings (SSSR count). The van der Waals surface area contributed by atoms with Crippen molar-refractivity contribution < 1.29 is 22.4 Å². The monoisotopic (exact) mass is 491 g/mol. The van der Waals surface area contributed by atoms with Gasteiger partial charge in [-0.1, -0.05) is 44.2 Å². The summed E-state index contributed by atoms with van der Waals surface area (Å²) < 4.78 is 39.3. The van der Waals surface area contributed by atoms with E-state index in [0.29, 0.717) is 12.8 Å². The second-order valence-corrected chi connectivity index (χ2v) is 10.2. The quantitative estimate of drug-likeness (QED) is 0.493. The number of hydrogen-bond acceptors (Lipinski definition) is 4. The van der Waals surface area contributed by atoms with Gasteiger partial charge in [-0.15, -0.1) is 0 Å². The van der Waals surface area contributed by atoms with Gasteiger partial charge in [0.05, 0.1) is 11.9 Å². The highest BCUT2D eigenvalue weighted by atomic mass is 32.2. The lowest BCUT2D eigenvalue weighted by Crippen LogP contribution is -2.54. The van der Waals surface area contributed by atoms with Crippen LogP contribution >= 0.6 is 0 Å². The molecule has 0 aliphatic rings. The van der Waals surface area contributed by atoms with Gasteiger partial charge in [0.1, 0.15) is 18.4 Å². The minimum Gasteiger partial charge on any atom is -0.352 e. The van der Waals surface area contributed by atoms with E-state index in [1.54, 1.807) is 0 Å². The average Bonchev–Trinajstić information content (AvgIpc) is 2.80. The third-order valence-electron chi connectivity index (χ3n) is 5.66. The predicted octanol–water partition coefficient (Wildman–Crippen LogP) is 3.36. The van der Waals surface area contributed by atoms with Crippen molar-refractivity contribution >= 4 is 27.5 Å². The molecule has 0 heterocycles. The highest BCUT2D eigenvalue weighted by Crippen LogP contribution is 2.19. The molecule has 0 saturated carbocycles. The molecule has 0 radical (unpaired) electrons. The lowest BCUT2D eigenvalue weighted by molar-refractivity contribution is -0.139. The summed E-state index contributed by atoms with van der Waals surface area (Å²) in [5, 5.41) is 2.93. The van der Waals surface area contributed by atoms with Crippen LogP contribution in [0.15, 0.2) is 54.6 Å². The first-order valence-electron chi connectivity index (χ1n) is 11.4. The molecule has 0 spiro atoms. The van der Waals surface area contributed by atoms with Crippen molar-refractivity contribution in [3.63, 3.8) is 0 Å². The third-order valence-corrected chi connectivity index (χ3v) is 6.81. The summed E-state index contributed by atoms with van der Waals surface area (Å²) in [4.78, 5) is 28.0. The molecule has 0 fully saturated rings. The highest BCUT2D eigenvalue weighted by molar-refractivity contribution is 7.92. The number of nitrogens with one attached hydrogen (secondary N) is 1. The van der Waals surface area contributed by atoms with E-state index in [1.807, 2.05) is 51.1 Å². The van der Waals surface area contributed by atoms with Crippen molar-refractivity contribution in [1.82, 2.24) is 10.2 Å². The standard InChI is InChI=1S/C25H34FN3O4S/c1-5-19(3)27-25(31)23(6-2)28(17-16-20-10-8-7-9-11-20)24(30)18-29(34(4,32)33)22-14-12-21(26)13-15-22/h7-15,19,23H,5-6,16-18H2,1-4H3,(H,27,31)/t19-,23+/m1/s1. The summed E-state index contributed by atoms with van der Waals surface area (Å²) in [6, 6.07) is 13.7. The van der Waals surface area contributed by atoms with Crippen LogP contribution in [-0.2, 0) is 26.0 Å². The highest BCUT2D eigenvalue weighted by Gasteiger charge is 2.31. The molecule has 2 amide bonds. The molecule has 2 aromatic carbocycles. The Morgan fingerprint density at radius 1 is 1.00 bits per heavy atom. The number of halogens is 1. The summed E-state index contributed by atoms with van der Waals surface area (Å²) in [6.45, 7) is 5.41. The summed E-state index contributed by atoms with van der Waals surface area (Å²) in [7, 11) is -3.84. The molecular weight excluding hydrogens is 457 g/mol. The Morgan fingerprint density at radius 2 is 1.62 bits per heavy atom. The maximum atomic E-state index is 13.5. The van der Waals surface area contributed by atoms with E-state index in [4.69, 9.17) is 0 Å². The van der Waals surface area contributed by atoms with Gasteiger partial charge in [-0.3, -0.25) is 13.9 Å². The third kappa shape index (κ3) is 7.83. The van der Waals surface area contributed by atoms with Gasteiger partial charge in [0, 0.05) is 12.6 Å². The van der Waals surface area contributed by atoms with Gasteiger partial charge in [-0.25, -0.2) is 12.8 Å². The summed E-state index contributed by atoms with van der Waals surface area (Å²) in [5.41, 5.74) is 1.17. The van der Waals surface area contributed by atoms with Gasteiger partial charge in [0.25, 0.3) is 0 Å². The van der Waals surface area contributed by atoms with Crippen molar-refractivity contribution in [3.05, 3.63) is 66.0 Å². The molecule has 0 bridgehead atoms. The molecule has 2 aromatic rings. The van der Waals surface area contributed by atoms with E-state index < -0.39 is 34.3 Å². The van der Waals surface area contributed by atoms with E-state index in [9.17, 15) is 22.4 Å². The van der Waals surface area contributed by atoms with E-state index in [1.165, 1.54) is 17.0 Å². The summed E-state index contributed by atoms with van der Waals surface area (Å²) in [6.07, 6.45) is 2.62. The Kier molecular flexibility index (Phi) is 10.0. The van der Waals surface area contributed by atoms with Gasteiger partial charge in [0.15, 0.2) is 0 Å². The number of nitrogens with zero attached hydrogens (tertiary/aromatic N) is 2. The number of carbonyl (C=O) groups is 2. The minimum absolute atomic E-state index is 0.0561. The Bertz CT molecular complexity index is 1050. The van der Waals surface area contributed by atoms with Gasteiger partial charge in [0.2, 0.25) is 21.8 Å². The zero-order valence-corrected chi connectivity index (χ0v) is 21.0. The second-order valence-electron chi connectivity index (χ2n) is 8.31. The number of anilines is 1. The van der Waals surface area contributed by atoms with Crippen molar-refractivity contribution in [2.75, 3.05) is 23.7 Å². The van der Waals surface area contributed by atoms with Crippen LogP contribution in [0.1, 0.15) is 39.2 Å². The molecule has 0 aliphatic heterocycles. The molecule has 9 heteroatoms. The van der Waals surface area contributed by atoms with Crippen LogP contribution in [-0.4, -0.2) is 56.6 Å². The van der Waals surface area contributed by atoms with Crippen LogP contribution in [0.4, 0.5) is 10.1 Å². The van der Waals surface area contributed by atoms with Gasteiger partial charge >= 0.3 is 0 Å². The predicted molar refractivity (Wildman–Crippen MR) is 132 cm³/mol. The molecular formula is C25H34FN3O4S. The molecule has 1 N–H and O–H groups in total. The van der Waals surface area contributed by atoms with Crippen molar-refractivity contribution in [2.45, 2.75) is 52.1 Å². The maximum absolute atomic E-state index is 13.5. The Hall–Kier alpha value is -2.94. The topological polar surface area (TPSA) is 86.8 Å². The lowest BCUT2D eigenvalue weighted by atomic mass is 10.1. The maximum Gasteiger partial charge on any atom is 0.244 e. The zero-order valence-electron chi connectivity index (χ0n) is 20.2. The van der Waals surface area contributed by atoms with Crippen LogP contribution < -0.4 is 9.62 Å². The molecule has 186 valence electrons. The normalized spacial score (nSPS) is 13.1. The average molecular weight is 492 g/mol. The zero-order chi connectivity index (χ0) is 25.3. The number of amides is 2. The fraction of sp³-hybridized carbons (Fsp3) is 0.440. The molecule has 7 nitrogen and oxygen atoms in total. The molecule has 0 unspecified atom stereocenters. The number of benzene rings is 2. The number of carbonyl (C=O) groups excluding carboxylic acids is 2. The van der Waals surface area contributed by atoms with Crippen molar-refractivity contribution in [3.8, 4) is 0 Å². The van der Waals surface area contributed by atoms with Gasteiger partial charge in [-0.05, 0) is 56.0 Å². The SMILES string of the molecule is CC[C@@H](C)NC(=O)[C@H](CC)N(CCc1ccccc1)C(=O)CN(c1ccc(F)cc1)S(C)(=O)=O. The summed E-state index contributed by atoms with van der Waals surface area (Å²) in [5.74, 6) is -1.29. The Morgan fingerprint density at radius 3 is 2.15 bits per heavy atom.